The molecule has 7 atom stereocenters. The number of carbonyl (C=O) groups is 5. The minimum atomic E-state index is -1.42. The number of nitrogens with zero attached hydrogens (tertiary/aromatic N) is 3. The van der Waals surface area contributed by atoms with Gasteiger partial charge in [0.05, 0.1) is 18.3 Å². The molecule has 4 N–H and O–H groups in total. The fourth-order valence-corrected chi connectivity index (χ4v) is 9.48. The van der Waals surface area contributed by atoms with Crippen molar-refractivity contribution in [1.82, 2.24) is 31.0 Å². The Bertz CT molecular complexity index is 2640. The minimum Gasteiger partial charge on any atom is -0.480 e. The molecule has 14 nitrogen and oxygen atoms in total. The second-order valence-electron chi connectivity index (χ2n) is 17.3. The van der Waals surface area contributed by atoms with Crippen molar-refractivity contribution in [2.75, 3.05) is 19.7 Å². The maximum Gasteiger partial charge on any atom is 0.407 e. The molecule has 14 heteroatoms. The zero-order valence-corrected chi connectivity index (χ0v) is 35.2. The molecule has 2 saturated carbocycles. The highest BCUT2D eigenvalue weighted by Gasteiger charge is 2.49. The van der Waals surface area contributed by atoms with E-state index in [0.29, 0.717) is 11.1 Å². The standard InChI is InChI=1S/C51H46N6O8/c58-47(52-42-23-37(42)29-11-3-1-4-12-29)39-26-57(27-40(39)48(59)53-43-24-38(43)30-13-5-2-6-14-30)49(60)32-21-19-31(20-22-32)46-55-45(65-56-46)25-44(50(61)62)54-51(63)64-28-41-35-17-9-7-15-33(35)34-16-8-10-18-36(34)41/h1-22,37-44H,23-28H2,(H,52,58)(H,53,59)(H,54,63)(H,61,62)/t37-,38-,39-,40-,42+,43+,44+/m1/s1. The van der Waals surface area contributed by atoms with E-state index in [4.69, 9.17) is 9.26 Å². The van der Waals surface area contributed by atoms with Crippen LogP contribution in [-0.2, 0) is 25.5 Å². The van der Waals surface area contributed by atoms with Crippen molar-refractivity contribution in [3.63, 3.8) is 0 Å². The number of fused-ring (bicyclic) bond motifs is 3. The molecule has 1 aromatic heterocycles. The lowest BCUT2D eigenvalue weighted by Gasteiger charge is -2.18. The quantitative estimate of drug-likeness (QED) is 0.0966. The summed E-state index contributed by atoms with van der Waals surface area (Å²) in [5, 5.41) is 22.7. The number of aromatic nitrogens is 2. The first-order valence-corrected chi connectivity index (χ1v) is 22.0. The van der Waals surface area contributed by atoms with E-state index in [1.807, 2.05) is 84.9 Å². The number of nitrogens with one attached hydrogen (secondary N) is 3. The van der Waals surface area contributed by atoms with E-state index in [0.717, 1.165) is 46.2 Å². The lowest BCUT2D eigenvalue weighted by Crippen LogP contribution is -2.43. The molecule has 3 fully saturated rings. The predicted molar refractivity (Wildman–Crippen MR) is 237 cm³/mol. The number of hydrogen-bond acceptors (Lipinski definition) is 9. The van der Waals surface area contributed by atoms with Crippen molar-refractivity contribution in [2.24, 2.45) is 11.8 Å². The third-order valence-electron chi connectivity index (χ3n) is 13.1. The van der Waals surface area contributed by atoms with Gasteiger partial charge in [0.2, 0.25) is 23.5 Å². The predicted octanol–water partition coefficient (Wildman–Crippen LogP) is 6.30. The molecule has 328 valence electrons. The monoisotopic (exact) mass is 870 g/mol. The number of likely N-dealkylation sites (tertiary alicyclic amines) is 1. The molecule has 0 spiro atoms. The first-order chi connectivity index (χ1) is 31.7. The molecule has 2 heterocycles. The second-order valence-corrected chi connectivity index (χ2v) is 17.3. The topological polar surface area (TPSA) is 193 Å². The zero-order chi connectivity index (χ0) is 44.6. The zero-order valence-electron chi connectivity index (χ0n) is 35.2. The van der Waals surface area contributed by atoms with Gasteiger partial charge in [0, 0.05) is 54.1 Å². The number of carbonyl (C=O) groups excluding carboxylic acids is 4. The summed E-state index contributed by atoms with van der Waals surface area (Å²) < 4.78 is 10.9. The Morgan fingerprint density at radius 2 is 1.22 bits per heavy atom. The first-order valence-electron chi connectivity index (χ1n) is 22.0. The van der Waals surface area contributed by atoms with Gasteiger partial charge in [-0.15, -0.1) is 0 Å². The summed E-state index contributed by atoms with van der Waals surface area (Å²) in [6.45, 7) is 0.191. The van der Waals surface area contributed by atoms with Gasteiger partial charge in [-0.25, -0.2) is 9.59 Å². The highest BCUT2D eigenvalue weighted by atomic mass is 16.5. The molecule has 6 aromatic rings. The van der Waals surface area contributed by atoms with Crippen LogP contribution in [0, 0.1) is 11.8 Å². The number of rotatable bonds is 14. The van der Waals surface area contributed by atoms with Crippen molar-refractivity contribution in [3.05, 3.63) is 167 Å². The molecule has 10 rings (SSSR count). The van der Waals surface area contributed by atoms with E-state index in [-0.39, 0.29) is 85.4 Å². The summed E-state index contributed by atoms with van der Waals surface area (Å²) in [7, 11) is 0. The molecule has 4 amide bonds. The Morgan fingerprint density at radius 1 is 0.692 bits per heavy atom. The van der Waals surface area contributed by atoms with Crippen LogP contribution in [0.1, 0.15) is 69.1 Å². The maximum absolute atomic E-state index is 14.0. The van der Waals surface area contributed by atoms with E-state index in [9.17, 15) is 29.1 Å². The highest BCUT2D eigenvalue weighted by molar-refractivity contribution is 5.97. The number of carboxylic acid groups (broad SMARTS) is 1. The summed E-state index contributed by atoms with van der Waals surface area (Å²) in [6, 6.07) is 40.9. The van der Waals surface area contributed by atoms with Crippen molar-refractivity contribution in [3.8, 4) is 22.5 Å². The average molecular weight is 871 g/mol. The Labute approximate surface area is 374 Å². The summed E-state index contributed by atoms with van der Waals surface area (Å²) in [5.74, 6) is -3.21. The van der Waals surface area contributed by atoms with Crippen LogP contribution in [0.5, 0.6) is 0 Å². The van der Waals surface area contributed by atoms with Crippen LogP contribution in [0.25, 0.3) is 22.5 Å². The number of amides is 4. The molecule has 0 unspecified atom stereocenters. The minimum absolute atomic E-state index is 0.0188. The molecule has 5 aromatic carbocycles. The summed E-state index contributed by atoms with van der Waals surface area (Å²) >= 11 is 0. The molecular formula is C51H46N6O8. The van der Waals surface area contributed by atoms with Crippen molar-refractivity contribution < 1.29 is 38.3 Å². The van der Waals surface area contributed by atoms with E-state index in [1.165, 1.54) is 0 Å². The van der Waals surface area contributed by atoms with Crippen molar-refractivity contribution in [2.45, 2.75) is 55.1 Å². The fourth-order valence-electron chi connectivity index (χ4n) is 9.48. The van der Waals surface area contributed by atoms with Gasteiger partial charge < -0.3 is 35.2 Å². The van der Waals surface area contributed by atoms with E-state index in [2.05, 4.69) is 50.4 Å². The van der Waals surface area contributed by atoms with E-state index in [1.54, 1.807) is 29.2 Å². The summed E-state index contributed by atoms with van der Waals surface area (Å²) in [4.78, 5) is 72.8. The van der Waals surface area contributed by atoms with Crippen LogP contribution in [-0.4, -0.2) is 87.8 Å². The number of alkyl carbamates (subject to hydrolysis) is 1. The third-order valence-corrected chi connectivity index (χ3v) is 13.1. The maximum atomic E-state index is 14.0. The fraction of sp³-hybridized carbons (Fsp3) is 0.275. The molecule has 65 heavy (non-hydrogen) atoms. The summed E-state index contributed by atoms with van der Waals surface area (Å²) in [5.41, 5.74) is 7.36. The van der Waals surface area contributed by atoms with Crippen LogP contribution in [0.3, 0.4) is 0 Å². The third kappa shape index (κ3) is 8.71. The van der Waals surface area contributed by atoms with E-state index < -0.39 is 29.9 Å². The van der Waals surface area contributed by atoms with Crippen molar-refractivity contribution >= 4 is 29.8 Å². The van der Waals surface area contributed by atoms with Gasteiger partial charge >= 0.3 is 12.1 Å². The molecule has 1 saturated heterocycles. The average Bonchev–Trinajstić information content (AvgIpc) is 4.11. The number of carboxylic acids is 1. The SMILES string of the molecule is O=C(N[C@@H](Cc1nc(-c2ccc(C(=O)N3C[C@@H](C(=O)N[C@H]4C[C@@H]4c4ccccc4)[C@H](C(=O)N[C@H]4C[C@@H]4c4ccccc4)C3)cc2)no1)C(=O)O)OCC1c2ccccc2-c2ccccc21. The number of hydrogen-bond donors (Lipinski definition) is 4. The second kappa shape index (κ2) is 17.5. The first kappa shape index (κ1) is 41.4. The van der Waals surface area contributed by atoms with Crippen LogP contribution in [0.2, 0.25) is 0 Å². The smallest absolute Gasteiger partial charge is 0.407 e. The molecular weight excluding hydrogens is 825 g/mol. The van der Waals surface area contributed by atoms with Crippen LogP contribution >= 0.6 is 0 Å². The lowest BCUT2D eigenvalue weighted by atomic mass is 9.94. The Hall–Kier alpha value is -7.61. The molecule has 3 aliphatic carbocycles. The largest absolute Gasteiger partial charge is 0.480 e. The highest BCUT2D eigenvalue weighted by Crippen LogP contribution is 2.45. The van der Waals surface area contributed by atoms with Gasteiger partial charge in [-0.2, -0.15) is 4.98 Å². The van der Waals surface area contributed by atoms with Gasteiger partial charge in [0.25, 0.3) is 5.91 Å². The Morgan fingerprint density at radius 3 is 1.75 bits per heavy atom. The molecule has 0 bridgehead atoms. The van der Waals surface area contributed by atoms with Crippen molar-refractivity contribution in [1.29, 1.82) is 0 Å². The Balaban J connectivity index is 0.766. The summed E-state index contributed by atoms with van der Waals surface area (Å²) in [6.07, 6.45) is 0.434. The van der Waals surface area contributed by atoms with Crippen LogP contribution < -0.4 is 16.0 Å². The molecule has 0 radical (unpaired) electrons. The number of aliphatic carboxylic acids is 1. The van der Waals surface area contributed by atoms with Crippen LogP contribution in [0.4, 0.5) is 4.79 Å². The van der Waals surface area contributed by atoms with Gasteiger partial charge in [0.1, 0.15) is 12.6 Å². The number of benzene rings is 5. The Kier molecular flexibility index (Phi) is 11.2. The number of ether oxygens (including phenoxy) is 1. The van der Waals surface area contributed by atoms with Gasteiger partial charge in [-0.1, -0.05) is 126 Å². The molecule has 1 aliphatic heterocycles. The van der Waals surface area contributed by atoms with Gasteiger partial charge in [-0.05, 0) is 58.4 Å². The van der Waals surface area contributed by atoms with Crippen LogP contribution in [0.15, 0.2) is 138 Å². The normalized spacial score (nSPS) is 21.9. The molecule has 4 aliphatic rings. The van der Waals surface area contributed by atoms with Gasteiger partial charge in [0.15, 0.2) is 0 Å². The van der Waals surface area contributed by atoms with E-state index >= 15 is 0 Å². The lowest BCUT2D eigenvalue weighted by molar-refractivity contribution is -0.139. The van der Waals surface area contributed by atoms with Gasteiger partial charge in [-0.3, -0.25) is 14.4 Å².